The predicted octanol–water partition coefficient (Wildman–Crippen LogP) is 5.40. The Balaban J connectivity index is 2.26. The van der Waals surface area contributed by atoms with Gasteiger partial charge in [0.25, 0.3) is 0 Å². The zero-order valence-electron chi connectivity index (χ0n) is 10.8. The Kier molecular flexibility index (Phi) is 5.44. The summed E-state index contributed by atoms with van der Waals surface area (Å²) in [4.78, 5) is 0. The molecule has 5 heteroatoms. The van der Waals surface area contributed by atoms with Crippen molar-refractivity contribution in [3.63, 3.8) is 0 Å². The molecule has 106 valence electrons. The van der Waals surface area contributed by atoms with Gasteiger partial charge in [-0.05, 0) is 48.9 Å². The molecular weight excluding hydrogens is 364 g/mol. The molecule has 0 saturated carbocycles. The maximum atomic E-state index is 13.5. The van der Waals surface area contributed by atoms with Gasteiger partial charge in [-0.2, -0.15) is 0 Å². The molecule has 2 rings (SSSR count). The molecule has 0 aromatic heterocycles. The highest BCUT2D eigenvalue weighted by Crippen LogP contribution is 2.29. The second kappa shape index (κ2) is 6.90. The van der Waals surface area contributed by atoms with Gasteiger partial charge in [-0.1, -0.05) is 51.3 Å². The van der Waals surface area contributed by atoms with Crippen molar-refractivity contribution in [1.82, 2.24) is 5.32 Å². The smallest absolute Gasteiger partial charge is 0.142 e. The van der Waals surface area contributed by atoms with Gasteiger partial charge in [0, 0.05) is 15.5 Å². The Labute approximate surface area is 136 Å². The van der Waals surface area contributed by atoms with E-state index in [1.807, 2.05) is 31.3 Å². The summed E-state index contributed by atoms with van der Waals surface area (Å²) in [5.74, 6) is -0.394. The van der Waals surface area contributed by atoms with E-state index in [1.54, 1.807) is 6.07 Å². The summed E-state index contributed by atoms with van der Waals surface area (Å²) in [6.45, 7) is 0. The lowest BCUT2D eigenvalue weighted by Gasteiger charge is -2.18. The highest BCUT2D eigenvalue weighted by atomic mass is 79.9. The van der Waals surface area contributed by atoms with Crippen LogP contribution < -0.4 is 5.32 Å². The Morgan fingerprint density at radius 1 is 1.20 bits per heavy atom. The highest BCUT2D eigenvalue weighted by Gasteiger charge is 2.14. The average Bonchev–Trinajstić information content (AvgIpc) is 2.41. The van der Waals surface area contributed by atoms with E-state index in [0.717, 1.165) is 15.6 Å². The summed E-state index contributed by atoms with van der Waals surface area (Å²) >= 11 is 15.2. The molecule has 20 heavy (non-hydrogen) atoms. The third-order valence-corrected chi connectivity index (χ3v) is 4.34. The molecule has 1 N–H and O–H groups in total. The lowest BCUT2D eigenvalue weighted by atomic mass is 9.99. The summed E-state index contributed by atoms with van der Waals surface area (Å²) in [6.07, 6.45) is 0.658. The van der Waals surface area contributed by atoms with E-state index in [9.17, 15) is 4.39 Å². The van der Waals surface area contributed by atoms with Crippen LogP contribution in [0.2, 0.25) is 10.0 Å². The molecule has 0 aliphatic heterocycles. The van der Waals surface area contributed by atoms with Gasteiger partial charge in [-0.3, -0.25) is 0 Å². The highest BCUT2D eigenvalue weighted by molar-refractivity contribution is 9.10. The van der Waals surface area contributed by atoms with E-state index in [4.69, 9.17) is 23.2 Å². The fraction of sp³-hybridized carbons (Fsp3) is 0.200. The SMILES string of the molecule is CNC(Cc1ccc(Cl)c(F)c1)c1ccc(Cl)cc1Br. The fourth-order valence-electron chi connectivity index (χ4n) is 2.05. The van der Waals surface area contributed by atoms with Gasteiger partial charge in [-0.15, -0.1) is 0 Å². The third-order valence-electron chi connectivity index (χ3n) is 3.11. The van der Waals surface area contributed by atoms with Crippen molar-refractivity contribution in [2.75, 3.05) is 7.05 Å². The zero-order chi connectivity index (χ0) is 14.7. The maximum absolute atomic E-state index is 13.5. The molecule has 0 heterocycles. The van der Waals surface area contributed by atoms with Crippen LogP contribution in [0, 0.1) is 5.82 Å². The minimum Gasteiger partial charge on any atom is -0.313 e. The molecule has 0 radical (unpaired) electrons. The van der Waals surface area contributed by atoms with Gasteiger partial charge in [-0.25, -0.2) is 4.39 Å². The Hall–Kier alpha value is -0.610. The van der Waals surface area contributed by atoms with Gasteiger partial charge < -0.3 is 5.32 Å². The number of likely N-dealkylation sites (N-methyl/N-ethyl adjacent to an activating group) is 1. The fourth-order valence-corrected chi connectivity index (χ4v) is 3.13. The first-order chi connectivity index (χ1) is 9.51. The summed E-state index contributed by atoms with van der Waals surface area (Å²) in [7, 11) is 1.87. The van der Waals surface area contributed by atoms with Crippen LogP contribution in [-0.2, 0) is 6.42 Å². The topological polar surface area (TPSA) is 12.0 Å². The standard InChI is InChI=1S/C15H13BrCl2FN/c1-20-15(11-4-3-10(17)8-12(11)16)7-9-2-5-13(18)14(19)6-9/h2-6,8,15,20H,7H2,1H3. The van der Waals surface area contributed by atoms with Crippen molar-refractivity contribution >= 4 is 39.1 Å². The molecule has 0 aliphatic rings. The van der Waals surface area contributed by atoms with Gasteiger partial charge in [0.15, 0.2) is 0 Å². The second-order valence-corrected chi connectivity index (χ2v) is 6.16. The number of benzene rings is 2. The second-order valence-electron chi connectivity index (χ2n) is 4.46. The monoisotopic (exact) mass is 375 g/mol. The quantitative estimate of drug-likeness (QED) is 0.753. The first-order valence-corrected chi connectivity index (χ1v) is 7.62. The summed E-state index contributed by atoms with van der Waals surface area (Å²) in [5.41, 5.74) is 1.96. The van der Waals surface area contributed by atoms with Crippen LogP contribution in [-0.4, -0.2) is 7.05 Å². The summed E-state index contributed by atoms with van der Waals surface area (Å²) in [6, 6.07) is 10.6. The summed E-state index contributed by atoms with van der Waals surface area (Å²) in [5, 5.41) is 4.05. The van der Waals surface area contributed by atoms with Crippen LogP contribution in [0.4, 0.5) is 4.39 Å². The van der Waals surface area contributed by atoms with E-state index in [-0.39, 0.29) is 11.1 Å². The van der Waals surface area contributed by atoms with Crippen molar-refractivity contribution in [3.05, 3.63) is 67.9 Å². The molecule has 0 aliphatic carbocycles. The molecule has 0 bridgehead atoms. The van der Waals surface area contributed by atoms with Crippen molar-refractivity contribution < 1.29 is 4.39 Å². The molecule has 0 fully saturated rings. The Morgan fingerprint density at radius 3 is 2.55 bits per heavy atom. The van der Waals surface area contributed by atoms with Gasteiger partial charge in [0.1, 0.15) is 5.82 Å². The van der Waals surface area contributed by atoms with Crippen LogP contribution in [0.15, 0.2) is 40.9 Å². The zero-order valence-corrected chi connectivity index (χ0v) is 13.9. The van der Waals surface area contributed by atoms with Crippen LogP contribution in [0.3, 0.4) is 0 Å². The van der Waals surface area contributed by atoms with Crippen LogP contribution in [0.5, 0.6) is 0 Å². The predicted molar refractivity (Wildman–Crippen MR) is 86.1 cm³/mol. The molecule has 2 aromatic rings. The minimum atomic E-state index is -0.394. The van der Waals surface area contributed by atoms with Crippen molar-refractivity contribution in [2.24, 2.45) is 0 Å². The Morgan fingerprint density at radius 2 is 1.95 bits per heavy atom. The van der Waals surface area contributed by atoms with Crippen LogP contribution in [0.1, 0.15) is 17.2 Å². The van der Waals surface area contributed by atoms with Gasteiger partial charge >= 0.3 is 0 Å². The molecule has 1 atom stereocenters. The lowest BCUT2D eigenvalue weighted by molar-refractivity contribution is 0.582. The first kappa shape index (κ1) is 15.8. The Bertz CT molecular complexity index is 619. The van der Waals surface area contributed by atoms with Crippen molar-refractivity contribution in [3.8, 4) is 0 Å². The molecule has 0 amide bonds. The first-order valence-electron chi connectivity index (χ1n) is 6.07. The third kappa shape index (κ3) is 3.73. The van der Waals surface area contributed by atoms with Crippen molar-refractivity contribution in [2.45, 2.75) is 12.5 Å². The molecule has 2 aromatic carbocycles. The minimum absolute atomic E-state index is 0.0576. The normalized spacial score (nSPS) is 12.4. The number of rotatable bonds is 4. The van der Waals surface area contributed by atoms with Crippen LogP contribution in [0.25, 0.3) is 0 Å². The molecule has 1 nitrogen and oxygen atoms in total. The molecule has 1 unspecified atom stereocenters. The number of hydrogen-bond donors (Lipinski definition) is 1. The van der Waals surface area contributed by atoms with Gasteiger partial charge in [0.2, 0.25) is 0 Å². The van der Waals surface area contributed by atoms with Gasteiger partial charge in [0.05, 0.1) is 5.02 Å². The van der Waals surface area contributed by atoms with E-state index in [1.165, 1.54) is 6.07 Å². The largest absolute Gasteiger partial charge is 0.313 e. The maximum Gasteiger partial charge on any atom is 0.142 e. The average molecular weight is 377 g/mol. The number of hydrogen-bond acceptors (Lipinski definition) is 1. The number of nitrogens with one attached hydrogen (secondary N) is 1. The van der Waals surface area contributed by atoms with E-state index in [2.05, 4.69) is 21.2 Å². The molecule has 0 spiro atoms. The summed E-state index contributed by atoms with van der Waals surface area (Å²) < 4.78 is 14.4. The molecule has 0 saturated heterocycles. The van der Waals surface area contributed by atoms with E-state index < -0.39 is 5.82 Å². The van der Waals surface area contributed by atoms with E-state index in [0.29, 0.717) is 11.4 Å². The van der Waals surface area contributed by atoms with Crippen LogP contribution >= 0.6 is 39.1 Å². The van der Waals surface area contributed by atoms with Crippen molar-refractivity contribution in [1.29, 1.82) is 0 Å². The molecular formula is C15H13BrCl2FN. The number of halogens is 4. The lowest BCUT2D eigenvalue weighted by Crippen LogP contribution is -2.19. The van der Waals surface area contributed by atoms with E-state index >= 15 is 0 Å².